The van der Waals surface area contributed by atoms with Gasteiger partial charge in [0.05, 0.1) is 18.1 Å². The molecule has 1 aliphatic carbocycles. The van der Waals surface area contributed by atoms with Gasteiger partial charge in [-0.3, -0.25) is 9.78 Å². The standard InChI is InChI=1S/C21H27N7O/c1-27(17-3-2-9-23-13-17)19-8-10-28-20(26-19)18(14-25-28)21(29)24-12-16-6-4-15(11-22)5-7-16/h2-3,8-10,13-16H,4-7,11-12,22H2,1H3,(H,24,29). The maximum atomic E-state index is 12.8. The van der Waals surface area contributed by atoms with Gasteiger partial charge in [-0.15, -0.1) is 0 Å². The van der Waals surface area contributed by atoms with Crippen LogP contribution in [0.3, 0.4) is 0 Å². The van der Waals surface area contributed by atoms with Crippen LogP contribution >= 0.6 is 0 Å². The smallest absolute Gasteiger partial charge is 0.256 e. The highest BCUT2D eigenvalue weighted by molar-refractivity contribution is 5.99. The summed E-state index contributed by atoms with van der Waals surface area (Å²) < 4.78 is 1.63. The van der Waals surface area contributed by atoms with E-state index in [1.807, 2.05) is 36.3 Å². The Hall–Kier alpha value is -3.00. The maximum absolute atomic E-state index is 12.8. The van der Waals surface area contributed by atoms with E-state index in [2.05, 4.69) is 20.4 Å². The van der Waals surface area contributed by atoms with Crippen molar-refractivity contribution in [3.8, 4) is 0 Å². The molecule has 152 valence electrons. The summed E-state index contributed by atoms with van der Waals surface area (Å²) in [5.41, 5.74) is 7.72. The SMILES string of the molecule is CN(c1cccnc1)c1ccn2ncc(C(=O)NCC3CCC(CN)CC3)c2n1. The van der Waals surface area contributed by atoms with Crippen molar-refractivity contribution in [3.63, 3.8) is 0 Å². The predicted molar refractivity (Wildman–Crippen MR) is 112 cm³/mol. The molecule has 0 radical (unpaired) electrons. The predicted octanol–water partition coefficient (Wildman–Crippen LogP) is 2.39. The summed E-state index contributed by atoms with van der Waals surface area (Å²) in [6, 6.07) is 5.70. The molecule has 29 heavy (non-hydrogen) atoms. The topological polar surface area (TPSA) is 101 Å². The van der Waals surface area contributed by atoms with Crippen molar-refractivity contribution in [1.82, 2.24) is 24.9 Å². The van der Waals surface area contributed by atoms with Crippen molar-refractivity contribution in [2.24, 2.45) is 17.6 Å². The first-order chi connectivity index (χ1) is 14.2. The van der Waals surface area contributed by atoms with Gasteiger partial charge in [0.15, 0.2) is 5.65 Å². The van der Waals surface area contributed by atoms with E-state index in [1.54, 1.807) is 23.1 Å². The fraction of sp³-hybridized carbons (Fsp3) is 0.429. The number of carbonyl (C=O) groups is 1. The Balaban J connectivity index is 1.47. The molecule has 1 amide bonds. The average Bonchev–Trinajstić information content (AvgIpc) is 3.21. The monoisotopic (exact) mass is 393 g/mol. The number of pyridine rings is 1. The molecular formula is C21H27N7O. The Bertz CT molecular complexity index is 964. The van der Waals surface area contributed by atoms with Crippen LogP contribution < -0.4 is 16.0 Å². The van der Waals surface area contributed by atoms with Crippen molar-refractivity contribution >= 4 is 23.1 Å². The van der Waals surface area contributed by atoms with E-state index in [1.165, 1.54) is 0 Å². The van der Waals surface area contributed by atoms with Gasteiger partial charge in [0.2, 0.25) is 0 Å². The molecule has 8 nitrogen and oxygen atoms in total. The number of nitrogens with two attached hydrogens (primary N) is 1. The Morgan fingerprint density at radius 3 is 2.76 bits per heavy atom. The van der Waals surface area contributed by atoms with Gasteiger partial charge in [0, 0.05) is 26.0 Å². The largest absolute Gasteiger partial charge is 0.352 e. The van der Waals surface area contributed by atoms with E-state index >= 15 is 0 Å². The zero-order chi connectivity index (χ0) is 20.2. The first-order valence-corrected chi connectivity index (χ1v) is 10.1. The van der Waals surface area contributed by atoms with E-state index in [0.29, 0.717) is 29.6 Å². The van der Waals surface area contributed by atoms with Gasteiger partial charge >= 0.3 is 0 Å². The lowest BCUT2D eigenvalue weighted by molar-refractivity contribution is 0.0943. The molecule has 0 saturated heterocycles. The molecule has 0 bridgehead atoms. The third-order valence-corrected chi connectivity index (χ3v) is 5.83. The van der Waals surface area contributed by atoms with E-state index in [-0.39, 0.29) is 5.91 Å². The van der Waals surface area contributed by atoms with Gasteiger partial charge in [-0.05, 0) is 62.3 Å². The first-order valence-electron chi connectivity index (χ1n) is 10.1. The summed E-state index contributed by atoms with van der Waals surface area (Å²) in [5.74, 6) is 1.75. The fourth-order valence-corrected chi connectivity index (χ4v) is 3.89. The number of carbonyl (C=O) groups excluding carboxylic acids is 1. The average molecular weight is 393 g/mol. The van der Waals surface area contributed by atoms with Crippen LogP contribution in [0, 0.1) is 11.8 Å². The minimum absolute atomic E-state index is 0.130. The quantitative estimate of drug-likeness (QED) is 0.667. The molecule has 3 aromatic heterocycles. The lowest BCUT2D eigenvalue weighted by Gasteiger charge is -2.27. The zero-order valence-corrected chi connectivity index (χ0v) is 16.7. The van der Waals surface area contributed by atoms with Crippen LogP contribution in [0.5, 0.6) is 0 Å². The van der Waals surface area contributed by atoms with Crippen LogP contribution in [0.1, 0.15) is 36.0 Å². The number of hydrogen-bond acceptors (Lipinski definition) is 6. The Morgan fingerprint density at radius 1 is 1.24 bits per heavy atom. The molecule has 1 saturated carbocycles. The van der Waals surface area contributed by atoms with E-state index < -0.39 is 0 Å². The number of aromatic nitrogens is 4. The third-order valence-electron chi connectivity index (χ3n) is 5.83. The zero-order valence-electron chi connectivity index (χ0n) is 16.7. The van der Waals surface area contributed by atoms with Crippen molar-refractivity contribution in [1.29, 1.82) is 0 Å². The summed E-state index contributed by atoms with van der Waals surface area (Å²) >= 11 is 0. The molecule has 4 rings (SSSR count). The normalized spacial score (nSPS) is 19.2. The maximum Gasteiger partial charge on any atom is 0.256 e. The highest BCUT2D eigenvalue weighted by atomic mass is 16.1. The lowest BCUT2D eigenvalue weighted by atomic mass is 9.82. The van der Waals surface area contributed by atoms with Crippen LogP contribution in [0.2, 0.25) is 0 Å². The van der Waals surface area contributed by atoms with Crippen molar-refractivity contribution in [3.05, 3.63) is 48.5 Å². The fourth-order valence-electron chi connectivity index (χ4n) is 3.89. The third kappa shape index (κ3) is 4.22. The number of fused-ring (bicyclic) bond motifs is 1. The number of nitrogens with one attached hydrogen (secondary N) is 1. The molecule has 3 heterocycles. The van der Waals surface area contributed by atoms with Crippen molar-refractivity contribution in [2.75, 3.05) is 25.0 Å². The highest BCUT2D eigenvalue weighted by Crippen LogP contribution is 2.27. The van der Waals surface area contributed by atoms with E-state index in [0.717, 1.165) is 43.7 Å². The summed E-state index contributed by atoms with van der Waals surface area (Å²) in [7, 11) is 1.92. The van der Waals surface area contributed by atoms with Crippen LogP contribution in [-0.4, -0.2) is 45.6 Å². The van der Waals surface area contributed by atoms with Gasteiger partial charge < -0.3 is 16.0 Å². The minimum Gasteiger partial charge on any atom is -0.352 e. The van der Waals surface area contributed by atoms with Crippen LogP contribution in [-0.2, 0) is 0 Å². The van der Waals surface area contributed by atoms with Crippen molar-refractivity contribution in [2.45, 2.75) is 25.7 Å². The van der Waals surface area contributed by atoms with Gasteiger partial charge in [0.25, 0.3) is 5.91 Å². The molecule has 3 N–H and O–H groups in total. The molecule has 0 unspecified atom stereocenters. The van der Waals surface area contributed by atoms with Gasteiger partial charge in [-0.2, -0.15) is 5.10 Å². The molecule has 0 aliphatic heterocycles. The number of rotatable bonds is 6. The summed E-state index contributed by atoms with van der Waals surface area (Å²) in [4.78, 5) is 23.5. The van der Waals surface area contributed by atoms with Crippen molar-refractivity contribution < 1.29 is 4.79 Å². The molecule has 3 aromatic rings. The van der Waals surface area contributed by atoms with Gasteiger partial charge in [-0.25, -0.2) is 9.50 Å². The van der Waals surface area contributed by atoms with Crippen LogP contribution in [0.25, 0.3) is 5.65 Å². The molecule has 8 heteroatoms. The lowest BCUT2D eigenvalue weighted by Crippen LogP contribution is -2.32. The molecule has 1 aliphatic rings. The number of nitrogens with zero attached hydrogens (tertiary/aromatic N) is 5. The number of hydrogen-bond donors (Lipinski definition) is 2. The first kappa shape index (κ1) is 19.3. The molecule has 0 atom stereocenters. The highest BCUT2D eigenvalue weighted by Gasteiger charge is 2.22. The van der Waals surface area contributed by atoms with Gasteiger partial charge in [-0.1, -0.05) is 0 Å². The minimum atomic E-state index is -0.130. The van der Waals surface area contributed by atoms with E-state index in [9.17, 15) is 4.79 Å². The van der Waals surface area contributed by atoms with Gasteiger partial charge in [0.1, 0.15) is 11.4 Å². The summed E-state index contributed by atoms with van der Waals surface area (Å²) in [5, 5.41) is 7.35. The van der Waals surface area contributed by atoms with Crippen LogP contribution in [0.15, 0.2) is 43.0 Å². The molecule has 0 spiro atoms. The second-order valence-corrected chi connectivity index (χ2v) is 7.71. The second-order valence-electron chi connectivity index (χ2n) is 7.71. The van der Waals surface area contributed by atoms with Crippen LogP contribution in [0.4, 0.5) is 11.5 Å². The molecular weight excluding hydrogens is 366 g/mol. The molecule has 0 aromatic carbocycles. The summed E-state index contributed by atoms with van der Waals surface area (Å²) in [6.07, 6.45) is 11.4. The number of amides is 1. The number of anilines is 2. The second kappa shape index (κ2) is 8.57. The Labute approximate surface area is 170 Å². The molecule has 1 fully saturated rings. The summed E-state index contributed by atoms with van der Waals surface area (Å²) in [6.45, 7) is 1.45. The Morgan fingerprint density at radius 2 is 2.03 bits per heavy atom. The Kier molecular flexibility index (Phi) is 5.71. The van der Waals surface area contributed by atoms with E-state index in [4.69, 9.17) is 5.73 Å².